The molecule has 0 amide bonds. The van der Waals surface area contributed by atoms with Gasteiger partial charge < -0.3 is 15.0 Å². The average Bonchev–Trinajstić information content (AvgIpc) is 2.74. The molecule has 96 valence electrons. The first-order valence-corrected chi connectivity index (χ1v) is 7.16. The van der Waals surface area contributed by atoms with E-state index in [0.29, 0.717) is 6.04 Å². The summed E-state index contributed by atoms with van der Waals surface area (Å²) in [5.74, 6) is 0. The fourth-order valence-corrected chi connectivity index (χ4v) is 3.06. The van der Waals surface area contributed by atoms with Gasteiger partial charge in [0, 0.05) is 30.6 Å². The second kappa shape index (κ2) is 6.50. The van der Waals surface area contributed by atoms with Crippen molar-refractivity contribution in [2.24, 2.45) is 0 Å². The number of rotatable bonds is 5. The molecule has 17 heavy (non-hydrogen) atoms. The highest BCUT2D eigenvalue weighted by Crippen LogP contribution is 2.16. The lowest BCUT2D eigenvalue weighted by atomic mass is 10.2. The van der Waals surface area contributed by atoms with Crippen LogP contribution in [0, 0.1) is 6.92 Å². The second-order valence-corrected chi connectivity index (χ2v) is 5.77. The Kier molecular flexibility index (Phi) is 4.98. The van der Waals surface area contributed by atoms with Crippen LogP contribution in [0.5, 0.6) is 0 Å². The smallest absolute Gasteiger partial charge is 0.0632 e. The van der Waals surface area contributed by atoms with Gasteiger partial charge in [0.1, 0.15) is 0 Å². The first-order valence-electron chi connectivity index (χ1n) is 6.28. The molecule has 0 aromatic carbocycles. The molecule has 3 nitrogen and oxygen atoms in total. The lowest BCUT2D eigenvalue weighted by Crippen LogP contribution is -2.47. The van der Waals surface area contributed by atoms with Crippen molar-refractivity contribution in [3.8, 4) is 0 Å². The minimum absolute atomic E-state index is 0.498. The van der Waals surface area contributed by atoms with Crippen LogP contribution >= 0.6 is 11.3 Å². The Balaban J connectivity index is 1.70. The molecule has 0 radical (unpaired) electrons. The first kappa shape index (κ1) is 13.0. The Bertz CT molecular complexity index is 334. The van der Waals surface area contributed by atoms with Crippen molar-refractivity contribution in [2.45, 2.75) is 19.4 Å². The molecule has 1 saturated heterocycles. The number of nitrogens with one attached hydrogen (secondary N) is 1. The van der Waals surface area contributed by atoms with Crippen molar-refractivity contribution in [1.29, 1.82) is 0 Å². The van der Waals surface area contributed by atoms with Crippen molar-refractivity contribution >= 4 is 11.3 Å². The van der Waals surface area contributed by atoms with E-state index in [1.165, 1.54) is 10.4 Å². The Hall–Kier alpha value is -0.420. The molecule has 1 unspecified atom stereocenters. The van der Waals surface area contributed by atoms with Crippen LogP contribution in [-0.4, -0.2) is 50.8 Å². The van der Waals surface area contributed by atoms with E-state index in [-0.39, 0.29) is 0 Å². The van der Waals surface area contributed by atoms with Gasteiger partial charge in [0.15, 0.2) is 0 Å². The summed E-state index contributed by atoms with van der Waals surface area (Å²) in [5.41, 5.74) is 1.43. The van der Waals surface area contributed by atoms with Gasteiger partial charge in [-0.3, -0.25) is 0 Å². The highest BCUT2D eigenvalue weighted by Gasteiger charge is 2.14. The van der Waals surface area contributed by atoms with E-state index in [1.54, 1.807) is 0 Å². The Morgan fingerprint density at radius 1 is 1.59 bits per heavy atom. The molecule has 1 aromatic rings. The fraction of sp³-hybridized carbons (Fsp3) is 0.692. The molecule has 1 N–H and O–H groups in total. The molecular formula is C13H22N2OS. The molecule has 1 aromatic heterocycles. The lowest BCUT2D eigenvalue weighted by molar-refractivity contribution is 0.0655. The molecular weight excluding hydrogens is 232 g/mol. The fourth-order valence-electron chi connectivity index (χ4n) is 2.16. The van der Waals surface area contributed by atoms with Crippen LogP contribution in [-0.2, 0) is 11.2 Å². The van der Waals surface area contributed by atoms with Gasteiger partial charge in [0.05, 0.1) is 13.2 Å². The van der Waals surface area contributed by atoms with Crippen LogP contribution < -0.4 is 5.32 Å². The van der Waals surface area contributed by atoms with Crippen LogP contribution in [0.3, 0.4) is 0 Å². The summed E-state index contributed by atoms with van der Waals surface area (Å²) in [6, 6.07) is 2.70. The van der Waals surface area contributed by atoms with E-state index in [1.807, 2.05) is 11.3 Å². The normalized spacial score (nSPS) is 21.0. The van der Waals surface area contributed by atoms with E-state index >= 15 is 0 Å². The molecule has 1 aliphatic heterocycles. The van der Waals surface area contributed by atoms with Gasteiger partial charge in [-0.25, -0.2) is 0 Å². The monoisotopic (exact) mass is 254 g/mol. The van der Waals surface area contributed by atoms with Crippen molar-refractivity contribution in [1.82, 2.24) is 10.2 Å². The van der Waals surface area contributed by atoms with E-state index in [2.05, 4.69) is 35.6 Å². The highest BCUT2D eigenvalue weighted by atomic mass is 32.1. The van der Waals surface area contributed by atoms with E-state index < -0.39 is 0 Å². The molecule has 0 saturated carbocycles. The third-order valence-electron chi connectivity index (χ3n) is 3.22. The lowest BCUT2D eigenvalue weighted by Gasteiger charge is -2.28. The Morgan fingerprint density at radius 2 is 2.47 bits per heavy atom. The number of morpholine rings is 1. The highest BCUT2D eigenvalue weighted by molar-refractivity contribution is 7.10. The van der Waals surface area contributed by atoms with Crippen LogP contribution in [0.15, 0.2) is 11.4 Å². The molecule has 2 heterocycles. The van der Waals surface area contributed by atoms with E-state index in [0.717, 1.165) is 39.3 Å². The Morgan fingerprint density at radius 3 is 3.12 bits per heavy atom. The van der Waals surface area contributed by atoms with Crippen LogP contribution in [0.2, 0.25) is 0 Å². The maximum atomic E-state index is 5.47. The molecule has 0 bridgehead atoms. The number of thiophene rings is 1. The largest absolute Gasteiger partial charge is 0.378 e. The summed E-state index contributed by atoms with van der Waals surface area (Å²) in [7, 11) is 2.19. The van der Waals surface area contributed by atoms with Crippen molar-refractivity contribution < 1.29 is 4.74 Å². The van der Waals surface area contributed by atoms with Crippen LogP contribution in [0.4, 0.5) is 0 Å². The van der Waals surface area contributed by atoms with Gasteiger partial charge in [-0.05, 0) is 37.4 Å². The van der Waals surface area contributed by atoms with Crippen molar-refractivity contribution in [2.75, 3.05) is 39.9 Å². The molecule has 0 aliphatic carbocycles. The quantitative estimate of drug-likeness (QED) is 0.862. The SMILES string of the molecule is Cc1ccsc1CCN(C)CC1COCCN1. The van der Waals surface area contributed by atoms with Crippen molar-refractivity contribution in [3.05, 3.63) is 21.9 Å². The zero-order valence-electron chi connectivity index (χ0n) is 10.7. The predicted molar refractivity (Wildman–Crippen MR) is 72.9 cm³/mol. The van der Waals surface area contributed by atoms with E-state index in [4.69, 9.17) is 4.74 Å². The predicted octanol–water partition coefficient (Wildman–Crippen LogP) is 1.52. The first-order chi connectivity index (χ1) is 8.25. The van der Waals surface area contributed by atoms with Gasteiger partial charge in [-0.2, -0.15) is 0 Å². The number of hydrogen-bond donors (Lipinski definition) is 1. The van der Waals surface area contributed by atoms with Gasteiger partial charge in [0.25, 0.3) is 0 Å². The van der Waals surface area contributed by atoms with E-state index in [9.17, 15) is 0 Å². The number of nitrogens with zero attached hydrogens (tertiary/aromatic N) is 1. The molecule has 2 rings (SSSR count). The summed E-state index contributed by atoms with van der Waals surface area (Å²) in [5, 5.41) is 5.67. The topological polar surface area (TPSA) is 24.5 Å². The summed E-state index contributed by atoms with van der Waals surface area (Å²) in [4.78, 5) is 3.91. The summed E-state index contributed by atoms with van der Waals surface area (Å²) in [6.45, 7) is 7.09. The average molecular weight is 254 g/mol. The number of aryl methyl sites for hydroxylation is 1. The second-order valence-electron chi connectivity index (χ2n) is 4.76. The Labute approximate surface area is 108 Å². The van der Waals surface area contributed by atoms with Crippen molar-refractivity contribution in [3.63, 3.8) is 0 Å². The number of ether oxygens (including phenoxy) is 1. The molecule has 1 fully saturated rings. The maximum absolute atomic E-state index is 5.47. The molecule has 4 heteroatoms. The maximum Gasteiger partial charge on any atom is 0.0632 e. The minimum atomic E-state index is 0.498. The standard InChI is InChI=1S/C13H22N2OS/c1-11-4-8-17-13(11)3-6-15(2)9-12-10-16-7-5-14-12/h4,8,12,14H,3,5-7,9-10H2,1-2H3. The minimum Gasteiger partial charge on any atom is -0.378 e. The van der Waals surface area contributed by atoms with Gasteiger partial charge in [-0.1, -0.05) is 0 Å². The van der Waals surface area contributed by atoms with Gasteiger partial charge >= 0.3 is 0 Å². The number of hydrogen-bond acceptors (Lipinski definition) is 4. The molecule has 1 atom stereocenters. The zero-order chi connectivity index (χ0) is 12.1. The number of likely N-dealkylation sites (N-methyl/N-ethyl adjacent to an activating group) is 1. The summed E-state index contributed by atoms with van der Waals surface area (Å²) in [6.07, 6.45) is 1.16. The molecule has 0 spiro atoms. The van der Waals surface area contributed by atoms with Crippen LogP contribution in [0.25, 0.3) is 0 Å². The zero-order valence-corrected chi connectivity index (χ0v) is 11.6. The summed E-state index contributed by atoms with van der Waals surface area (Å²) >= 11 is 1.87. The third-order valence-corrected chi connectivity index (χ3v) is 4.30. The summed E-state index contributed by atoms with van der Waals surface area (Å²) < 4.78 is 5.47. The van der Waals surface area contributed by atoms with Crippen LogP contribution in [0.1, 0.15) is 10.4 Å². The van der Waals surface area contributed by atoms with Gasteiger partial charge in [-0.15, -0.1) is 11.3 Å². The molecule has 1 aliphatic rings. The third kappa shape index (κ3) is 4.07. The van der Waals surface area contributed by atoms with Gasteiger partial charge in [0.2, 0.25) is 0 Å².